The maximum atomic E-state index is 12.1. The topological polar surface area (TPSA) is 41.1 Å². The van der Waals surface area contributed by atoms with Crippen LogP contribution < -0.4 is 10.6 Å². The van der Waals surface area contributed by atoms with Crippen LogP contribution in [0.3, 0.4) is 0 Å². The Hall–Kier alpha value is -2.29. The molecule has 2 N–H and O–H groups in total. The van der Waals surface area contributed by atoms with Crippen LogP contribution in [0.2, 0.25) is 0 Å². The second kappa shape index (κ2) is 6.05. The summed E-state index contributed by atoms with van der Waals surface area (Å²) in [6.07, 6.45) is 0. The first kappa shape index (κ1) is 13.1. The summed E-state index contributed by atoms with van der Waals surface area (Å²) in [6.45, 7) is 4.13. The van der Waals surface area contributed by atoms with Crippen LogP contribution >= 0.6 is 0 Å². The normalized spacial score (nSPS) is 10.3. The highest BCUT2D eigenvalue weighted by atomic mass is 16.1. The number of benzene rings is 2. The van der Waals surface area contributed by atoms with Crippen LogP contribution in [-0.2, 0) is 0 Å². The second-order valence-corrected chi connectivity index (χ2v) is 4.70. The average Bonchev–Trinajstić information content (AvgIpc) is 2.39. The molecule has 0 atom stereocenters. The molecule has 0 bridgehead atoms. The molecule has 3 heteroatoms. The number of hydrogen-bond acceptors (Lipinski definition) is 2. The van der Waals surface area contributed by atoms with Crippen molar-refractivity contribution in [2.24, 2.45) is 0 Å². The SMILES string of the molecule is CC(C)Nc1cccc(C(=O)Nc2ccccc2)c1. The Morgan fingerprint density at radius 2 is 1.63 bits per heavy atom. The number of amides is 1. The van der Waals surface area contributed by atoms with Gasteiger partial charge in [0.2, 0.25) is 0 Å². The summed E-state index contributed by atoms with van der Waals surface area (Å²) in [5.41, 5.74) is 2.40. The first-order valence-corrected chi connectivity index (χ1v) is 6.38. The summed E-state index contributed by atoms with van der Waals surface area (Å²) >= 11 is 0. The lowest BCUT2D eigenvalue weighted by Gasteiger charge is -2.11. The van der Waals surface area contributed by atoms with Gasteiger partial charge in [-0.15, -0.1) is 0 Å². The van der Waals surface area contributed by atoms with Gasteiger partial charge in [-0.1, -0.05) is 24.3 Å². The molecule has 0 saturated carbocycles. The Balaban J connectivity index is 2.11. The van der Waals surface area contributed by atoms with E-state index in [1.165, 1.54) is 0 Å². The Labute approximate surface area is 113 Å². The van der Waals surface area contributed by atoms with Crippen LogP contribution in [0, 0.1) is 0 Å². The van der Waals surface area contributed by atoms with Crippen LogP contribution in [0.4, 0.5) is 11.4 Å². The predicted octanol–water partition coefficient (Wildman–Crippen LogP) is 3.76. The molecular weight excluding hydrogens is 236 g/mol. The third-order valence-corrected chi connectivity index (χ3v) is 2.61. The first-order valence-electron chi connectivity index (χ1n) is 6.38. The van der Waals surface area contributed by atoms with Gasteiger partial charge in [-0.25, -0.2) is 0 Å². The van der Waals surface area contributed by atoms with E-state index in [2.05, 4.69) is 24.5 Å². The molecule has 1 amide bonds. The zero-order valence-electron chi connectivity index (χ0n) is 11.2. The van der Waals surface area contributed by atoms with Crippen molar-refractivity contribution >= 4 is 17.3 Å². The van der Waals surface area contributed by atoms with Gasteiger partial charge in [-0.3, -0.25) is 4.79 Å². The molecule has 0 heterocycles. The molecule has 0 radical (unpaired) electrons. The fourth-order valence-corrected chi connectivity index (χ4v) is 1.81. The smallest absolute Gasteiger partial charge is 0.255 e. The molecular formula is C16H18N2O. The fourth-order valence-electron chi connectivity index (χ4n) is 1.81. The number of carbonyl (C=O) groups excluding carboxylic acids is 1. The summed E-state index contributed by atoms with van der Waals surface area (Å²) in [4.78, 5) is 12.1. The molecule has 0 aliphatic carbocycles. The van der Waals surface area contributed by atoms with Crippen LogP contribution in [0.5, 0.6) is 0 Å². The zero-order valence-corrected chi connectivity index (χ0v) is 11.2. The fraction of sp³-hybridized carbons (Fsp3) is 0.188. The predicted molar refractivity (Wildman–Crippen MR) is 79.6 cm³/mol. The Kier molecular flexibility index (Phi) is 4.18. The lowest BCUT2D eigenvalue weighted by Crippen LogP contribution is -2.13. The summed E-state index contributed by atoms with van der Waals surface area (Å²) in [7, 11) is 0. The van der Waals surface area contributed by atoms with Crippen LogP contribution in [0.1, 0.15) is 24.2 Å². The second-order valence-electron chi connectivity index (χ2n) is 4.70. The minimum atomic E-state index is -0.0985. The van der Waals surface area contributed by atoms with Crippen LogP contribution in [-0.4, -0.2) is 11.9 Å². The number of nitrogens with one attached hydrogen (secondary N) is 2. The third kappa shape index (κ3) is 3.85. The van der Waals surface area contributed by atoms with Gasteiger partial charge in [-0.05, 0) is 44.2 Å². The summed E-state index contributed by atoms with van der Waals surface area (Å²) < 4.78 is 0. The van der Waals surface area contributed by atoms with Gasteiger partial charge in [0.15, 0.2) is 0 Å². The molecule has 98 valence electrons. The largest absolute Gasteiger partial charge is 0.383 e. The third-order valence-electron chi connectivity index (χ3n) is 2.61. The summed E-state index contributed by atoms with van der Waals surface area (Å²) in [6, 6.07) is 17.3. The number of anilines is 2. The van der Waals surface area contributed by atoms with Crippen LogP contribution in [0.25, 0.3) is 0 Å². The van der Waals surface area contributed by atoms with E-state index < -0.39 is 0 Å². The highest BCUT2D eigenvalue weighted by Gasteiger charge is 2.06. The van der Waals surface area contributed by atoms with Gasteiger partial charge in [-0.2, -0.15) is 0 Å². The Bertz CT molecular complexity index is 550. The Morgan fingerprint density at radius 3 is 2.32 bits per heavy atom. The van der Waals surface area contributed by atoms with Crippen molar-refractivity contribution in [3.05, 3.63) is 60.2 Å². The van der Waals surface area contributed by atoms with Gasteiger partial charge in [0.05, 0.1) is 0 Å². The van der Waals surface area contributed by atoms with Gasteiger partial charge < -0.3 is 10.6 Å². The maximum absolute atomic E-state index is 12.1. The van der Waals surface area contributed by atoms with Crippen molar-refractivity contribution in [2.45, 2.75) is 19.9 Å². The van der Waals surface area contributed by atoms with Crippen molar-refractivity contribution in [3.63, 3.8) is 0 Å². The number of carbonyl (C=O) groups is 1. The molecule has 0 aliphatic rings. The highest BCUT2D eigenvalue weighted by Crippen LogP contribution is 2.14. The minimum Gasteiger partial charge on any atom is -0.383 e. The lowest BCUT2D eigenvalue weighted by atomic mass is 10.1. The van der Waals surface area contributed by atoms with Crippen molar-refractivity contribution < 1.29 is 4.79 Å². The van der Waals surface area contributed by atoms with E-state index in [0.29, 0.717) is 11.6 Å². The minimum absolute atomic E-state index is 0.0985. The standard InChI is InChI=1S/C16H18N2O/c1-12(2)17-15-10-6-7-13(11-15)16(19)18-14-8-4-3-5-9-14/h3-12,17H,1-2H3,(H,18,19). The van der Waals surface area contributed by atoms with E-state index >= 15 is 0 Å². The zero-order chi connectivity index (χ0) is 13.7. The van der Waals surface area contributed by atoms with Crippen LogP contribution in [0.15, 0.2) is 54.6 Å². The van der Waals surface area contributed by atoms with Gasteiger partial charge in [0.25, 0.3) is 5.91 Å². The van der Waals surface area contributed by atoms with E-state index in [1.807, 2.05) is 54.6 Å². The quantitative estimate of drug-likeness (QED) is 0.872. The first-order chi connectivity index (χ1) is 9.15. The highest BCUT2D eigenvalue weighted by molar-refractivity contribution is 6.04. The van der Waals surface area contributed by atoms with Crippen molar-refractivity contribution in [2.75, 3.05) is 10.6 Å². The molecule has 0 aliphatic heterocycles. The molecule has 19 heavy (non-hydrogen) atoms. The summed E-state index contributed by atoms with van der Waals surface area (Å²) in [5, 5.41) is 6.16. The molecule has 3 nitrogen and oxygen atoms in total. The van der Waals surface area contributed by atoms with Crippen molar-refractivity contribution in [1.82, 2.24) is 0 Å². The van der Waals surface area contributed by atoms with Crippen molar-refractivity contribution in [1.29, 1.82) is 0 Å². The van der Waals surface area contributed by atoms with E-state index in [9.17, 15) is 4.79 Å². The molecule has 2 aromatic rings. The monoisotopic (exact) mass is 254 g/mol. The number of para-hydroxylation sites is 1. The van der Waals surface area contributed by atoms with Gasteiger partial charge in [0.1, 0.15) is 0 Å². The average molecular weight is 254 g/mol. The number of rotatable bonds is 4. The van der Waals surface area contributed by atoms with Gasteiger partial charge >= 0.3 is 0 Å². The molecule has 0 fully saturated rings. The van der Waals surface area contributed by atoms with E-state index in [0.717, 1.165) is 11.4 Å². The molecule has 0 unspecified atom stereocenters. The molecule has 0 saturated heterocycles. The molecule has 0 aromatic heterocycles. The summed E-state index contributed by atoms with van der Waals surface area (Å²) in [5.74, 6) is -0.0985. The molecule has 0 spiro atoms. The van der Waals surface area contributed by atoms with E-state index in [1.54, 1.807) is 0 Å². The maximum Gasteiger partial charge on any atom is 0.255 e. The number of hydrogen-bond donors (Lipinski definition) is 2. The van der Waals surface area contributed by atoms with Gasteiger partial charge in [0, 0.05) is 23.0 Å². The lowest BCUT2D eigenvalue weighted by molar-refractivity contribution is 0.102. The molecule has 2 aromatic carbocycles. The molecule has 2 rings (SSSR count). The van der Waals surface area contributed by atoms with E-state index in [-0.39, 0.29) is 5.91 Å². The Morgan fingerprint density at radius 1 is 0.947 bits per heavy atom. The van der Waals surface area contributed by atoms with E-state index in [4.69, 9.17) is 0 Å². The van der Waals surface area contributed by atoms with Crippen molar-refractivity contribution in [3.8, 4) is 0 Å².